The molecule has 10 nitrogen and oxygen atoms in total. The Morgan fingerprint density at radius 3 is 2.62 bits per heavy atom. The number of likely N-dealkylation sites (N-methyl/N-ethyl adjacent to an activating group) is 1. The average Bonchev–Trinajstić information content (AvgIpc) is 3.25. The van der Waals surface area contributed by atoms with Crippen LogP contribution in [0, 0.1) is 17.8 Å². The van der Waals surface area contributed by atoms with Crippen LogP contribution in [0.15, 0.2) is 48.6 Å². The molecular weight excluding hydrogens is 700 g/mol. The van der Waals surface area contributed by atoms with Crippen LogP contribution in [-0.2, 0) is 31.4 Å². The van der Waals surface area contributed by atoms with Gasteiger partial charge in [0.1, 0.15) is 5.75 Å². The van der Waals surface area contributed by atoms with Gasteiger partial charge in [0.25, 0.3) is 5.91 Å². The van der Waals surface area contributed by atoms with E-state index in [2.05, 4.69) is 39.8 Å². The summed E-state index contributed by atoms with van der Waals surface area (Å²) in [5.74, 6) is 0.0593. The molecule has 2 aromatic carbocycles. The van der Waals surface area contributed by atoms with Crippen LogP contribution in [0.1, 0.15) is 73.9 Å². The summed E-state index contributed by atoms with van der Waals surface area (Å²) >= 11 is 6.48. The molecule has 2 aromatic rings. The van der Waals surface area contributed by atoms with Gasteiger partial charge in [0.2, 0.25) is 15.9 Å². The van der Waals surface area contributed by atoms with Crippen LogP contribution in [0.2, 0.25) is 5.02 Å². The molecule has 6 atom stereocenters. The van der Waals surface area contributed by atoms with Crippen molar-refractivity contribution >= 4 is 39.1 Å². The Kier molecular flexibility index (Phi) is 10.5. The molecule has 1 saturated carbocycles. The number of ether oxygens (including phenoxy) is 2. The lowest BCUT2D eigenvalue weighted by atomic mass is 9.62. The number of amides is 2. The fourth-order valence-corrected chi connectivity index (χ4v) is 10.7. The minimum absolute atomic E-state index is 0.0574. The fraction of sp³-hybridized carbons (Fsp3) is 0.600. The molecule has 0 radical (unpaired) electrons. The van der Waals surface area contributed by atoms with E-state index in [0.717, 1.165) is 55.9 Å². The molecule has 282 valence electrons. The molecule has 3 heterocycles. The normalized spacial score (nSPS) is 32.8. The first-order valence-electron chi connectivity index (χ1n) is 18.9. The second-order valence-electron chi connectivity index (χ2n) is 16.0. The van der Waals surface area contributed by atoms with Crippen LogP contribution in [0.4, 0.5) is 5.69 Å². The zero-order valence-corrected chi connectivity index (χ0v) is 32.5. The molecule has 1 spiro atoms. The zero-order valence-electron chi connectivity index (χ0n) is 30.9. The molecule has 5 aliphatic rings. The highest BCUT2D eigenvalue weighted by atomic mass is 35.5. The Morgan fingerprint density at radius 1 is 1.10 bits per heavy atom. The van der Waals surface area contributed by atoms with Crippen molar-refractivity contribution in [2.75, 3.05) is 64.9 Å². The third kappa shape index (κ3) is 7.10. The number of benzene rings is 2. The monoisotopic (exact) mass is 752 g/mol. The summed E-state index contributed by atoms with van der Waals surface area (Å²) in [5, 5.41) is -0.116. The Morgan fingerprint density at radius 2 is 1.88 bits per heavy atom. The standard InChI is InChI=1S/C40H53ClN4O6S/c1-27-7-5-16-40(50-4,23-37(46)44-19-17-43(3)18-20-44)34-12-9-31(34)24-45-25-39(15-6-8-29-21-32(41)11-13-33(29)39)26-51-36-14-10-30(22-35(36)45)38(47)42-52(48,49)28(27)2/h5,10-11,13-14,16,21-22,27-28,31,34H,6-9,12,15,17-20,23-26H2,1-4H3,(H,42,47)/b16-5-/t27-,28+,31-,34+,39-,40+/m0/s1. The van der Waals surface area contributed by atoms with Crippen molar-refractivity contribution in [2.45, 2.75) is 75.1 Å². The first-order chi connectivity index (χ1) is 24.8. The van der Waals surface area contributed by atoms with E-state index in [1.807, 2.05) is 24.0 Å². The van der Waals surface area contributed by atoms with Gasteiger partial charge in [0, 0.05) is 62.4 Å². The average molecular weight is 753 g/mol. The highest BCUT2D eigenvalue weighted by molar-refractivity contribution is 7.90. The number of aryl methyl sites for hydroxylation is 1. The molecule has 12 heteroatoms. The summed E-state index contributed by atoms with van der Waals surface area (Å²) in [7, 11) is -0.213. The maximum Gasteiger partial charge on any atom is 0.264 e. The van der Waals surface area contributed by atoms with E-state index < -0.39 is 26.8 Å². The van der Waals surface area contributed by atoms with Crippen LogP contribution in [0.5, 0.6) is 5.75 Å². The number of fused-ring (bicyclic) bond motifs is 4. The number of methoxy groups -OCH3 is 1. The number of nitrogens with zero attached hydrogens (tertiary/aromatic N) is 3. The zero-order chi connectivity index (χ0) is 36.8. The third-order valence-corrected chi connectivity index (χ3v) is 15.0. The summed E-state index contributed by atoms with van der Waals surface area (Å²) in [4.78, 5) is 34.2. The molecule has 1 N–H and O–H groups in total. The van der Waals surface area contributed by atoms with Gasteiger partial charge >= 0.3 is 0 Å². The highest BCUT2D eigenvalue weighted by Crippen LogP contribution is 2.50. The summed E-state index contributed by atoms with van der Waals surface area (Å²) in [6.07, 6.45) is 9.51. The van der Waals surface area contributed by atoms with Gasteiger partial charge in [-0.2, -0.15) is 0 Å². The second-order valence-corrected chi connectivity index (χ2v) is 18.5. The van der Waals surface area contributed by atoms with E-state index in [1.54, 1.807) is 32.2 Å². The smallest absolute Gasteiger partial charge is 0.264 e. The Labute approximate surface area is 313 Å². The summed E-state index contributed by atoms with van der Waals surface area (Å²) in [6.45, 7) is 8.37. The van der Waals surface area contributed by atoms with Gasteiger partial charge in [-0.25, -0.2) is 13.1 Å². The molecule has 0 unspecified atom stereocenters. The summed E-state index contributed by atoms with van der Waals surface area (Å²) in [6, 6.07) is 11.4. The predicted molar refractivity (Wildman–Crippen MR) is 204 cm³/mol. The van der Waals surface area contributed by atoms with Gasteiger partial charge in [0.05, 0.1) is 29.6 Å². The topological polar surface area (TPSA) is 108 Å². The van der Waals surface area contributed by atoms with Crippen molar-refractivity contribution in [2.24, 2.45) is 17.8 Å². The van der Waals surface area contributed by atoms with E-state index in [1.165, 1.54) is 11.1 Å². The highest BCUT2D eigenvalue weighted by Gasteiger charge is 2.50. The lowest BCUT2D eigenvalue weighted by Crippen LogP contribution is -2.55. The Bertz CT molecular complexity index is 1830. The summed E-state index contributed by atoms with van der Waals surface area (Å²) in [5.41, 5.74) is 2.36. The third-order valence-electron chi connectivity index (χ3n) is 12.9. The molecule has 2 amide bonds. The first kappa shape index (κ1) is 37.2. The molecule has 1 saturated heterocycles. The number of hydrogen-bond donors (Lipinski definition) is 1. The lowest BCUT2D eigenvalue weighted by Gasteiger charge is -2.51. The maximum absolute atomic E-state index is 14.0. The van der Waals surface area contributed by atoms with Gasteiger partial charge in [-0.1, -0.05) is 36.7 Å². The van der Waals surface area contributed by atoms with Crippen LogP contribution >= 0.6 is 11.6 Å². The molecule has 2 bridgehead atoms. The van der Waals surface area contributed by atoms with E-state index in [-0.39, 0.29) is 41.1 Å². The molecule has 0 aromatic heterocycles. The van der Waals surface area contributed by atoms with Crippen molar-refractivity contribution in [3.8, 4) is 5.75 Å². The number of anilines is 1. The van der Waals surface area contributed by atoms with Crippen LogP contribution < -0.4 is 14.4 Å². The first-order valence-corrected chi connectivity index (χ1v) is 20.8. The minimum Gasteiger partial charge on any atom is -0.490 e. The predicted octanol–water partition coefficient (Wildman–Crippen LogP) is 5.43. The largest absolute Gasteiger partial charge is 0.490 e. The molecule has 2 aliphatic carbocycles. The van der Waals surface area contributed by atoms with E-state index in [9.17, 15) is 18.0 Å². The van der Waals surface area contributed by atoms with Gasteiger partial charge in [0.15, 0.2) is 0 Å². The minimum atomic E-state index is -4.00. The van der Waals surface area contributed by atoms with Crippen LogP contribution in [0.3, 0.4) is 0 Å². The SMILES string of the molecule is CO[C@@]1(CC(=O)N2CCN(C)CC2)/C=C\C[C@H](C)[C@@H](C)S(=O)(=O)NC(=O)c2ccc3c(c2)N(C[C@@H]2CC[C@H]21)C[C@@]1(CCCc2cc(Cl)ccc21)CO3. The molecular formula is C40H53ClN4O6S. The number of rotatable bonds is 3. The van der Waals surface area contributed by atoms with Crippen LogP contribution in [0.25, 0.3) is 0 Å². The molecule has 3 aliphatic heterocycles. The number of carbonyl (C=O) groups is 2. The number of halogens is 1. The van der Waals surface area contributed by atoms with Crippen molar-refractivity contribution in [1.82, 2.24) is 14.5 Å². The molecule has 2 fully saturated rings. The van der Waals surface area contributed by atoms with Gasteiger partial charge in [-0.15, -0.1) is 0 Å². The van der Waals surface area contributed by atoms with Crippen molar-refractivity contribution in [3.63, 3.8) is 0 Å². The van der Waals surface area contributed by atoms with Gasteiger partial charge in [-0.05, 0) is 112 Å². The fourth-order valence-electron chi connectivity index (χ4n) is 9.24. The quantitative estimate of drug-likeness (QED) is 0.414. The summed E-state index contributed by atoms with van der Waals surface area (Å²) < 4.78 is 42.6. The van der Waals surface area contributed by atoms with Gasteiger partial charge in [-0.3, -0.25) is 9.59 Å². The maximum atomic E-state index is 14.0. The number of piperazine rings is 1. The Hall–Kier alpha value is -3.12. The molecule has 52 heavy (non-hydrogen) atoms. The number of nitrogens with one attached hydrogen (secondary N) is 1. The van der Waals surface area contributed by atoms with Crippen molar-refractivity contribution in [3.05, 3.63) is 70.3 Å². The lowest BCUT2D eigenvalue weighted by molar-refractivity contribution is -0.144. The number of hydrogen-bond acceptors (Lipinski definition) is 8. The van der Waals surface area contributed by atoms with E-state index in [0.29, 0.717) is 45.0 Å². The number of carbonyl (C=O) groups excluding carboxylic acids is 2. The van der Waals surface area contributed by atoms with E-state index in [4.69, 9.17) is 21.1 Å². The van der Waals surface area contributed by atoms with Crippen LogP contribution in [-0.4, -0.2) is 101 Å². The number of sulfonamides is 1. The Balaban J connectivity index is 1.30. The van der Waals surface area contributed by atoms with Crippen molar-refractivity contribution in [1.29, 1.82) is 0 Å². The van der Waals surface area contributed by atoms with Gasteiger partial charge < -0.3 is 24.2 Å². The molecule has 7 rings (SSSR count). The van der Waals surface area contributed by atoms with E-state index >= 15 is 0 Å². The second kappa shape index (κ2) is 14.6. The van der Waals surface area contributed by atoms with Crippen molar-refractivity contribution < 1.29 is 27.5 Å². The number of allylic oxidation sites excluding steroid dienone is 1.